The molecule has 2 aromatic carbocycles. The van der Waals surface area contributed by atoms with Crippen LogP contribution in [0, 0.1) is 6.92 Å². The van der Waals surface area contributed by atoms with Crippen molar-refractivity contribution >= 4 is 35.0 Å². The zero-order chi connectivity index (χ0) is 23.3. The Bertz CT molecular complexity index is 1120. The summed E-state index contributed by atoms with van der Waals surface area (Å²) in [4.78, 5) is 17.4. The van der Waals surface area contributed by atoms with E-state index in [9.17, 15) is 4.79 Å². The first-order valence-corrected chi connectivity index (χ1v) is 12.8. The summed E-state index contributed by atoms with van der Waals surface area (Å²) in [5, 5.41) is 12.7. The number of aryl methyl sites for hydroxylation is 1. The minimum atomic E-state index is -0.0578. The van der Waals surface area contributed by atoms with Gasteiger partial charge >= 0.3 is 0 Å². The van der Waals surface area contributed by atoms with Gasteiger partial charge in [0.15, 0.2) is 5.16 Å². The van der Waals surface area contributed by atoms with Crippen LogP contribution in [0.4, 0.5) is 17.3 Å². The summed E-state index contributed by atoms with van der Waals surface area (Å²) in [5.41, 5.74) is 4.14. The summed E-state index contributed by atoms with van der Waals surface area (Å²) < 4.78 is 7.52. The van der Waals surface area contributed by atoms with Gasteiger partial charge in [-0.05, 0) is 55.7 Å². The number of para-hydroxylation sites is 1. The van der Waals surface area contributed by atoms with Crippen molar-refractivity contribution in [1.82, 2.24) is 14.8 Å². The SMILES string of the molecule is Cc1cc(N2CCCC2)ccc1NC(=O)CSc1nnc(N2CCOCC2)n1-c1ccccc1. The van der Waals surface area contributed by atoms with E-state index in [2.05, 4.69) is 37.4 Å². The molecule has 8 nitrogen and oxygen atoms in total. The maximum absolute atomic E-state index is 12.8. The van der Waals surface area contributed by atoms with Crippen LogP contribution in [0.1, 0.15) is 18.4 Å². The zero-order valence-corrected chi connectivity index (χ0v) is 20.3. The monoisotopic (exact) mass is 478 g/mol. The number of rotatable bonds is 7. The number of ether oxygens (including phenoxy) is 1. The highest BCUT2D eigenvalue weighted by atomic mass is 32.2. The number of nitrogens with zero attached hydrogens (tertiary/aromatic N) is 5. The maximum Gasteiger partial charge on any atom is 0.234 e. The Kier molecular flexibility index (Phi) is 7.01. The molecule has 2 saturated heterocycles. The minimum Gasteiger partial charge on any atom is -0.378 e. The van der Waals surface area contributed by atoms with Gasteiger partial charge in [0.2, 0.25) is 11.9 Å². The van der Waals surface area contributed by atoms with E-state index in [1.807, 2.05) is 47.9 Å². The number of aromatic nitrogens is 3. The van der Waals surface area contributed by atoms with E-state index < -0.39 is 0 Å². The number of anilines is 3. The van der Waals surface area contributed by atoms with Crippen LogP contribution in [0.15, 0.2) is 53.7 Å². The van der Waals surface area contributed by atoms with Crippen molar-refractivity contribution in [2.75, 3.05) is 60.3 Å². The van der Waals surface area contributed by atoms with E-state index in [1.54, 1.807) is 0 Å². The van der Waals surface area contributed by atoms with E-state index in [-0.39, 0.29) is 11.7 Å². The molecular formula is C25H30N6O2S. The molecule has 9 heteroatoms. The maximum atomic E-state index is 12.8. The van der Waals surface area contributed by atoms with E-state index >= 15 is 0 Å². The molecule has 5 rings (SSSR count). The molecule has 0 spiro atoms. The highest BCUT2D eigenvalue weighted by Gasteiger charge is 2.22. The molecule has 0 aliphatic carbocycles. The molecule has 3 aromatic rings. The second-order valence-corrected chi connectivity index (χ2v) is 9.53. The summed E-state index contributed by atoms with van der Waals surface area (Å²) in [6.07, 6.45) is 2.49. The topological polar surface area (TPSA) is 75.5 Å². The van der Waals surface area contributed by atoms with Gasteiger partial charge in [0.05, 0.1) is 24.7 Å². The zero-order valence-electron chi connectivity index (χ0n) is 19.4. The fraction of sp³-hybridized carbons (Fsp3) is 0.400. The van der Waals surface area contributed by atoms with Gasteiger partial charge < -0.3 is 19.9 Å². The van der Waals surface area contributed by atoms with Gasteiger partial charge in [-0.1, -0.05) is 30.0 Å². The van der Waals surface area contributed by atoms with Crippen molar-refractivity contribution in [2.45, 2.75) is 24.9 Å². The highest BCUT2D eigenvalue weighted by Crippen LogP contribution is 2.28. The lowest BCUT2D eigenvalue weighted by Crippen LogP contribution is -2.37. The Labute approximate surface area is 204 Å². The Morgan fingerprint density at radius 3 is 2.47 bits per heavy atom. The molecule has 3 heterocycles. The van der Waals surface area contributed by atoms with Crippen molar-refractivity contribution in [2.24, 2.45) is 0 Å². The second-order valence-electron chi connectivity index (χ2n) is 8.58. The predicted octanol–water partition coefficient (Wildman–Crippen LogP) is 3.74. The van der Waals surface area contributed by atoms with E-state index in [1.165, 1.54) is 30.3 Å². The number of benzene rings is 2. The molecule has 0 saturated carbocycles. The molecule has 1 N–H and O–H groups in total. The third kappa shape index (κ3) is 5.05. The van der Waals surface area contributed by atoms with Crippen molar-refractivity contribution < 1.29 is 9.53 Å². The predicted molar refractivity (Wildman–Crippen MR) is 136 cm³/mol. The van der Waals surface area contributed by atoms with Crippen LogP contribution < -0.4 is 15.1 Å². The van der Waals surface area contributed by atoms with Crippen LogP contribution in [-0.2, 0) is 9.53 Å². The normalized spacial score (nSPS) is 16.1. The fourth-order valence-corrected chi connectivity index (χ4v) is 5.15. The van der Waals surface area contributed by atoms with E-state index in [0.29, 0.717) is 18.4 Å². The van der Waals surface area contributed by atoms with Crippen LogP contribution in [0.3, 0.4) is 0 Å². The molecule has 178 valence electrons. The molecule has 0 bridgehead atoms. The van der Waals surface area contributed by atoms with Gasteiger partial charge in [-0.2, -0.15) is 0 Å². The number of hydrogen-bond donors (Lipinski definition) is 1. The van der Waals surface area contributed by atoms with Crippen LogP contribution in [0.5, 0.6) is 0 Å². The first-order chi connectivity index (χ1) is 16.7. The number of hydrogen-bond acceptors (Lipinski definition) is 7. The molecular weight excluding hydrogens is 448 g/mol. The van der Waals surface area contributed by atoms with E-state index in [0.717, 1.165) is 49.1 Å². The average molecular weight is 479 g/mol. The smallest absolute Gasteiger partial charge is 0.234 e. The van der Waals surface area contributed by atoms with E-state index in [4.69, 9.17) is 4.74 Å². The molecule has 0 atom stereocenters. The van der Waals surface area contributed by atoms with Crippen molar-refractivity contribution in [3.8, 4) is 5.69 Å². The molecule has 2 fully saturated rings. The second kappa shape index (κ2) is 10.5. The Balaban J connectivity index is 1.28. The fourth-order valence-electron chi connectivity index (χ4n) is 4.40. The highest BCUT2D eigenvalue weighted by molar-refractivity contribution is 7.99. The largest absolute Gasteiger partial charge is 0.378 e. The third-order valence-corrected chi connectivity index (χ3v) is 7.14. The first-order valence-electron chi connectivity index (χ1n) is 11.8. The van der Waals surface area contributed by atoms with Crippen molar-refractivity contribution in [3.05, 3.63) is 54.1 Å². The van der Waals surface area contributed by atoms with Gasteiger partial charge in [0, 0.05) is 37.6 Å². The minimum absolute atomic E-state index is 0.0578. The van der Waals surface area contributed by atoms with Crippen LogP contribution in [-0.4, -0.2) is 65.8 Å². The average Bonchev–Trinajstić information content (AvgIpc) is 3.56. The quantitative estimate of drug-likeness (QED) is 0.519. The third-order valence-electron chi connectivity index (χ3n) is 6.21. The van der Waals surface area contributed by atoms with Gasteiger partial charge in [-0.25, -0.2) is 0 Å². The summed E-state index contributed by atoms with van der Waals surface area (Å²) in [7, 11) is 0. The Hall–Kier alpha value is -3.04. The van der Waals surface area contributed by atoms with Crippen LogP contribution in [0.2, 0.25) is 0 Å². The lowest BCUT2D eigenvalue weighted by atomic mass is 10.1. The summed E-state index contributed by atoms with van der Waals surface area (Å²) >= 11 is 1.39. The molecule has 1 aromatic heterocycles. The number of morpholine rings is 1. The van der Waals surface area contributed by atoms with Crippen molar-refractivity contribution in [3.63, 3.8) is 0 Å². The number of amides is 1. The number of carbonyl (C=O) groups excluding carboxylic acids is 1. The standard InChI is InChI=1S/C25H30N6O2S/c1-19-17-21(29-11-5-6-12-29)9-10-22(19)26-23(32)18-34-25-28-27-24(30-13-15-33-16-14-30)31(25)20-7-3-2-4-8-20/h2-4,7-10,17H,5-6,11-16,18H2,1H3,(H,26,32). The molecule has 2 aliphatic heterocycles. The number of nitrogens with one attached hydrogen (secondary N) is 1. The van der Waals surface area contributed by atoms with Gasteiger partial charge in [0.1, 0.15) is 0 Å². The van der Waals surface area contributed by atoms with Crippen molar-refractivity contribution in [1.29, 1.82) is 0 Å². The van der Waals surface area contributed by atoms with Crippen LogP contribution in [0.25, 0.3) is 5.69 Å². The summed E-state index contributed by atoms with van der Waals surface area (Å²) in [6.45, 7) is 7.13. The van der Waals surface area contributed by atoms with Crippen LogP contribution >= 0.6 is 11.8 Å². The Morgan fingerprint density at radius 1 is 0.971 bits per heavy atom. The Morgan fingerprint density at radius 2 is 1.74 bits per heavy atom. The number of thioether (sulfide) groups is 1. The number of carbonyl (C=O) groups is 1. The van der Waals surface area contributed by atoms with Gasteiger partial charge in [-0.15, -0.1) is 10.2 Å². The first kappa shape index (κ1) is 22.7. The van der Waals surface area contributed by atoms with Gasteiger partial charge in [-0.3, -0.25) is 9.36 Å². The molecule has 2 aliphatic rings. The lowest BCUT2D eigenvalue weighted by molar-refractivity contribution is -0.113. The van der Waals surface area contributed by atoms with Gasteiger partial charge in [0.25, 0.3) is 0 Å². The molecule has 34 heavy (non-hydrogen) atoms. The molecule has 0 unspecified atom stereocenters. The molecule has 1 amide bonds. The summed E-state index contributed by atoms with van der Waals surface area (Å²) in [5.74, 6) is 0.977. The molecule has 0 radical (unpaired) electrons. The summed E-state index contributed by atoms with van der Waals surface area (Å²) in [6, 6.07) is 16.3. The lowest BCUT2D eigenvalue weighted by Gasteiger charge is -2.27.